The molecule has 1 N–H and O–H groups in total. The van der Waals surface area contributed by atoms with Gasteiger partial charge in [-0.05, 0) is 122 Å². The van der Waals surface area contributed by atoms with Crippen LogP contribution in [0.2, 0.25) is 0 Å². The largest absolute Gasteiger partial charge is 0.507 e. The van der Waals surface area contributed by atoms with Crippen molar-refractivity contribution >= 4 is 22.3 Å². The molecule has 0 saturated carbocycles. The maximum Gasteiger partial charge on any atom is 0.148 e. The van der Waals surface area contributed by atoms with Gasteiger partial charge in [-0.1, -0.05) is 145 Å². The number of nitrogens with zero attached hydrogens (tertiary/aromatic N) is 4. The molecule has 0 radical (unpaired) electrons. The maximum absolute atomic E-state index is 15.1. The summed E-state index contributed by atoms with van der Waals surface area (Å²) >= 11 is 0. The maximum atomic E-state index is 15.1. The number of phenols is 1. The Morgan fingerprint density at radius 2 is 1.15 bits per heavy atom. The molecular formula is C60H70FN4OPt-. The summed E-state index contributed by atoms with van der Waals surface area (Å²) in [5, 5.41) is 11.3. The van der Waals surface area contributed by atoms with Crippen LogP contribution in [0.25, 0.3) is 56.1 Å². The Labute approximate surface area is 414 Å². The zero-order valence-electron chi connectivity index (χ0n) is 42.8. The summed E-state index contributed by atoms with van der Waals surface area (Å²) in [6.07, 6.45) is 4.09. The number of hydrogen-bond acceptors (Lipinski definition) is 4. The summed E-state index contributed by atoms with van der Waals surface area (Å²) < 4.78 is 17.2. The SMILES string of the molecule is C/C(=C/N(C)c1cc(C(C)(C)C)cc(C(C)(C)C)c1)c1ccnc(-c2[c-]c(-c3cccc4c3nc(-c3cc(F)ccc3O)n4-c3cc(C(C)(C)C)cc(C(C)(C)C)c3)cc(C(C)(C)C)c2)c1.[Pt]. The number of allylic oxidation sites excluding steroid dienone is 1. The number of phenolic OH excluding ortho intramolecular Hbond substituents is 1. The molecule has 2 heterocycles. The minimum atomic E-state index is -0.452. The Morgan fingerprint density at radius 1 is 0.627 bits per heavy atom. The summed E-state index contributed by atoms with van der Waals surface area (Å²) in [6.45, 7) is 35.7. The summed E-state index contributed by atoms with van der Waals surface area (Å²) in [6, 6.07) is 36.3. The molecule has 7 rings (SSSR count). The van der Waals surface area contributed by atoms with Gasteiger partial charge >= 0.3 is 0 Å². The molecule has 7 heteroatoms. The van der Waals surface area contributed by atoms with E-state index in [1.807, 2.05) is 12.3 Å². The van der Waals surface area contributed by atoms with Gasteiger partial charge in [-0.3, -0.25) is 9.55 Å². The number of rotatable bonds is 7. The van der Waals surface area contributed by atoms with E-state index in [2.05, 4.69) is 212 Å². The van der Waals surface area contributed by atoms with E-state index in [1.165, 1.54) is 40.5 Å². The second-order valence-electron chi connectivity index (χ2n) is 23.4. The van der Waals surface area contributed by atoms with Crippen molar-refractivity contribution in [3.05, 3.63) is 155 Å². The van der Waals surface area contributed by atoms with Gasteiger partial charge in [-0.25, -0.2) is 9.37 Å². The third-order valence-corrected chi connectivity index (χ3v) is 12.8. The van der Waals surface area contributed by atoms with Gasteiger partial charge in [0.2, 0.25) is 0 Å². The van der Waals surface area contributed by atoms with Crippen molar-refractivity contribution < 1.29 is 30.6 Å². The van der Waals surface area contributed by atoms with E-state index in [-0.39, 0.29) is 53.9 Å². The van der Waals surface area contributed by atoms with Crippen molar-refractivity contribution in [1.29, 1.82) is 0 Å². The summed E-state index contributed by atoms with van der Waals surface area (Å²) in [4.78, 5) is 12.5. The molecule has 0 unspecified atom stereocenters. The van der Waals surface area contributed by atoms with Gasteiger partial charge in [-0.2, -0.15) is 0 Å². The normalized spacial score (nSPS) is 13.0. The Morgan fingerprint density at radius 3 is 1.70 bits per heavy atom. The summed E-state index contributed by atoms with van der Waals surface area (Å²) in [5.41, 5.74) is 15.1. The molecule has 0 aliphatic heterocycles. The van der Waals surface area contributed by atoms with Gasteiger partial charge in [0.05, 0.1) is 16.6 Å². The van der Waals surface area contributed by atoms with Crippen molar-refractivity contribution in [3.63, 3.8) is 0 Å². The first-order chi connectivity index (χ1) is 30.5. The number of fused-ring (bicyclic) bond motifs is 1. The number of pyridine rings is 1. The Balaban J connectivity index is 0.00000741. The third-order valence-electron chi connectivity index (χ3n) is 12.8. The van der Waals surface area contributed by atoms with Crippen LogP contribution in [-0.2, 0) is 48.1 Å². The van der Waals surface area contributed by atoms with E-state index in [1.54, 1.807) is 0 Å². The van der Waals surface area contributed by atoms with Gasteiger partial charge < -0.3 is 10.0 Å². The Bertz CT molecular complexity index is 2930. The van der Waals surface area contributed by atoms with Gasteiger partial charge in [0.1, 0.15) is 17.4 Å². The van der Waals surface area contributed by atoms with Crippen LogP contribution >= 0.6 is 0 Å². The molecule has 0 atom stereocenters. The Hall–Kier alpha value is -5.32. The first kappa shape index (κ1) is 51.1. The predicted molar refractivity (Wildman–Crippen MR) is 278 cm³/mol. The van der Waals surface area contributed by atoms with Crippen molar-refractivity contribution in [1.82, 2.24) is 14.5 Å². The quantitative estimate of drug-likeness (QED) is 0.162. The number of para-hydroxylation sites is 1. The molecular weight excluding hydrogens is 1010 g/mol. The minimum Gasteiger partial charge on any atom is -0.507 e. The first-order valence-electron chi connectivity index (χ1n) is 23.3. The number of hydrogen-bond donors (Lipinski definition) is 1. The van der Waals surface area contributed by atoms with E-state index in [0.717, 1.165) is 61.5 Å². The topological polar surface area (TPSA) is 54.2 Å². The standard InChI is InChI=1S/C60H70FN4O.Pt/c1-37(36-64(17)47-31-42(57(5,6)7)29-43(32-47)58(8,9)10)38-23-24-62-51(28-38)40-25-39(26-41(27-40)56(2,3)4)49-19-18-20-52-54(49)63-55(50-35-46(61)21-22-53(50)66)65(52)48-33-44(59(11,12)13)30-45(34-48)60(14,15)16;/h18-24,26-36,66H,1-17H3;/q-1;/b37-36-;. The molecule has 0 saturated heterocycles. The second-order valence-corrected chi connectivity index (χ2v) is 23.4. The smallest absolute Gasteiger partial charge is 0.148 e. The van der Waals surface area contributed by atoms with E-state index in [9.17, 15) is 5.11 Å². The summed E-state index contributed by atoms with van der Waals surface area (Å²) in [7, 11) is 2.13. The van der Waals surface area contributed by atoms with Crippen molar-refractivity contribution in [2.75, 3.05) is 11.9 Å². The number of aromatic hydroxyl groups is 1. The number of imidazole rings is 1. The molecule has 0 fully saturated rings. The number of aromatic nitrogens is 3. The zero-order chi connectivity index (χ0) is 48.5. The molecule has 0 amide bonds. The number of halogens is 1. The monoisotopic (exact) mass is 1080 g/mol. The van der Waals surface area contributed by atoms with Crippen LogP contribution in [-0.4, -0.2) is 26.7 Å². The molecule has 2 aromatic heterocycles. The number of anilines is 1. The second kappa shape index (κ2) is 18.3. The van der Waals surface area contributed by atoms with Crippen LogP contribution < -0.4 is 4.90 Å². The molecule has 0 spiro atoms. The average molecular weight is 1080 g/mol. The molecule has 5 nitrogen and oxygen atoms in total. The number of benzene rings is 5. The third kappa shape index (κ3) is 11.0. The van der Waals surface area contributed by atoms with E-state index >= 15 is 4.39 Å². The van der Waals surface area contributed by atoms with Gasteiger partial charge in [0, 0.05) is 57.6 Å². The average Bonchev–Trinajstić information content (AvgIpc) is 3.62. The fourth-order valence-corrected chi connectivity index (χ4v) is 8.28. The fraction of sp³-hybridized carbons (Fsp3) is 0.367. The molecule has 354 valence electrons. The molecule has 0 aliphatic carbocycles. The van der Waals surface area contributed by atoms with Gasteiger partial charge in [-0.15, -0.1) is 29.3 Å². The molecule has 0 bridgehead atoms. The predicted octanol–water partition coefficient (Wildman–Crippen LogP) is 16.0. The van der Waals surface area contributed by atoms with Crippen LogP contribution in [0, 0.1) is 11.9 Å². The van der Waals surface area contributed by atoms with E-state index in [4.69, 9.17) is 9.97 Å². The fourth-order valence-electron chi connectivity index (χ4n) is 8.28. The van der Waals surface area contributed by atoms with Gasteiger partial charge in [0.15, 0.2) is 0 Å². The molecule has 67 heavy (non-hydrogen) atoms. The molecule has 0 aliphatic rings. The van der Waals surface area contributed by atoms with E-state index < -0.39 is 5.82 Å². The summed E-state index contributed by atoms with van der Waals surface area (Å²) in [5.74, 6) is -0.0446. The first-order valence-corrected chi connectivity index (χ1v) is 23.3. The van der Waals surface area contributed by atoms with E-state index in [0.29, 0.717) is 11.4 Å². The van der Waals surface area contributed by atoms with Crippen LogP contribution in [0.3, 0.4) is 0 Å². The zero-order valence-corrected chi connectivity index (χ0v) is 45.1. The van der Waals surface area contributed by atoms with Crippen LogP contribution in [0.1, 0.15) is 144 Å². The minimum absolute atomic E-state index is 0. The molecule has 5 aromatic carbocycles. The van der Waals surface area contributed by atoms with Crippen LogP contribution in [0.4, 0.5) is 10.1 Å². The Kier molecular flexibility index (Phi) is 13.9. The van der Waals surface area contributed by atoms with Crippen LogP contribution in [0.15, 0.2) is 109 Å². The molecule has 7 aromatic rings. The van der Waals surface area contributed by atoms with Crippen molar-refractivity contribution in [2.45, 2.75) is 138 Å². The van der Waals surface area contributed by atoms with Crippen molar-refractivity contribution in [3.8, 4) is 45.2 Å². The van der Waals surface area contributed by atoms with Crippen molar-refractivity contribution in [2.24, 2.45) is 0 Å². The van der Waals surface area contributed by atoms with Crippen LogP contribution in [0.5, 0.6) is 5.75 Å². The van der Waals surface area contributed by atoms with Gasteiger partial charge in [0.25, 0.3) is 0 Å².